The van der Waals surface area contributed by atoms with Gasteiger partial charge in [0.15, 0.2) is 0 Å². The molecular formula is C11H11ClN4OS. The molecule has 0 unspecified atom stereocenters. The molecule has 3 N–H and O–H groups in total. The molecule has 7 heteroatoms. The van der Waals surface area contributed by atoms with E-state index in [4.69, 9.17) is 17.3 Å². The van der Waals surface area contributed by atoms with Crippen LogP contribution in [0, 0.1) is 6.92 Å². The van der Waals surface area contributed by atoms with E-state index in [1.165, 1.54) is 12.3 Å². The molecule has 0 bridgehead atoms. The lowest BCUT2D eigenvalue weighted by Crippen LogP contribution is -2.23. The molecule has 0 atom stereocenters. The van der Waals surface area contributed by atoms with E-state index in [0.717, 1.165) is 10.7 Å². The van der Waals surface area contributed by atoms with Crippen LogP contribution in [0.5, 0.6) is 0 Å². The average Bonchev–Trinajstić information content (AvgIpc) is 2.75. The molecule has 2 aromatic heterocycles. The van der Waals surface area contributed by atoms with Crippen molar-refractivity contribution in [3.05, 3.63) is 38.9 Å². The van der Waals surface area contributed by atoms with Crippen molar-refractivity contribution in [2.24, 2.45) is 0 Å². The SMILES string of the molecule is Cc1nc(CNC(=O)c2cnc(N)c(Cl)c2)cs1. The Labute approximate surface area is 113 Å². The molecule has 18 heavy (non-hydrogen) atoms. The number of halogens is 1. The highest BCUT2D eigenvalue weighted by Crippen LogP contribution is 2.16. The third-order valence-electron chi connectivity index (χ3n) is 2.23. The summed E-state index contributed by atoms with van der Waals surface area (Å²) in [5.74, 6) is -0.0432. The number of rotatable bonds is 3. The smallest absolute Gasteiger partial charge is 0.253 e. The van der Waals surface area contributed by atoms with Crippen LogP contribution in [0.2, 0.25) is 5.02 Å². The second-order valence-corrected chi connectivity index (χ2v) is 5.10. The van der Waals surface area contributed by atoms with Crippen molar-refractivity contribution in [1.82, 2.24) is 15.3 Å². The molecule has 0 radical (unpaired) electrons. The van der Waals surface area contributed by atoms with Gasteiger partial charge >= 0.3 is 0 Å². The summed E-state index contributed by atoms with van der Waals surface area (Å²) in [5, 5.41) is 5.89. The van der Waals surface area contributed by atoms with E-state index in [1.807, 2.05) is 12.3 Å². The highest BCUT2D eigenvalue weighted by molar-refractivity contribution is 7.09. The fourth-order valence-corrected chi connectivity index (χ4v) is 2.11. The minimum atomic E-state index is -0.255. The van der Waals surface area contributed by atoms with Gasteiger partial charge < -0.3 is 11.1 Å². The maximum absolute atomic E-state index is 11.8. The highest BCUT2D eigenvalue weighted by atomic mass is 35.5. The van der Waals surface area contributed by atoms with Crippen molar-refractivity contribution in [2.45, 2.75) is 13.5 Å². The Hall–Kier alpha value is -1.66. The predicted molar refractivity (Wildman–Crippen MR) is 71.7 cm³/mol. The minimum Gasteiger partial charge on any atom is -0.382 e. The zero-order valence-electron chi connectivity index (χ0n) is 9.61. The van der Waals surface area contributed by atoms with Crippen molar-refractivity contribution in [3.63, 3.8) is 0 Å². The van der Waals surface area contributed by atoms with E-state index >= 15 is 0 Å². The van der Waals surface area contributed by atoms with E-state index in [9.17, 15) is 4.79 Å². The molecule has 0 saturated heterocycles. The van der Waals surface area contributed by atoms with Crippen LogP contribution in [0.3, 0.4) is 0 Å². The summed E-state index contributed by atoms with van der Waals surface area (Å²) in [6.07, 6.45) is 1.39. The van der Waals surface area contributed by atoms with Crippen molar-refractivity contribution < 1.29 is 4.79 Å². The quantitative estimate of drug-likeness (QED) is 0.902. The molecular weight excluding hydrogens is 272 g/mol. The standard InChI is InChI=1S/C11H11ClN4OS/c1-6-16-8(5-18-6)4-15-11(17)7-2-9(12)10(13)14-3-7/h2-3,5H,4H2,1H3,(H2,13,14)(H,15,17). The topological polar surface area (TPSA) is 80.9 Å². The first-order valence-corrected chi connectivity index (χ1v) is 6.42. The number of aryl methyl sites for hydroxylation is 1. The third-order valence-corrected chi connectivity index (χ3v) is 3.35. The number of hydrogen-bond donors (Lipinski definition) is 2. The lowest BCUT2D eigenvalue weighted by Gasteiger charge is -2.04. The largest absolute Gasteiger partial charge is 0.382 e. The van der Waals surface area contributed by atoms with Crippen molar-refractivity contribution in [2.75, 3.05) is 5.73 Å². The normalized spacial score (nSPS) is 10.3. The fourth-order valence-electron chi connectivity index (χ4n) is 1.33. The van der Waals surface area contributed by atoms with Gasteiger partial charge in [0.05, 0.1) is 27.8 Å². The van der Waals surface area contributed by atoms with Gasteiger partial charge in [0, 0.05) is 11.6 Å². The van der Waals surface area contributed by atoms with Crippen LogP contribution in [-0.4, -0.2) is 15.9 Å². The van der Waals surface area contributed by atoms with Gasteiger partial charge in [-0.05, 0) is 13.0 Å². The Morgan fingerprint density at radius 2 is 2.39 bits per heavy atom. The Kier molecular flexibility index (Phi) is 3.78. The molecule has 0 aliphatic rings. The number of aromatic nitrogens is 2. The Morgan fingerprint density at radius 1 is 1.61 bits per heavy atom. The second kappa shape index (κ2) is 5.32. The summed E-state index contributed by atoms with van der Waals surface area (Å²) in [4.78, 5) is 19.9. The molecule has 0 aliphatic heterocycles. The van der Waals surface area contributed by atoms with Gasteiger partial charge in [0.25, 0.3) is 5.91 Å². The maximum Gasteiger partial charge on any atom is 0.253 e. The van der Waals surface area contributed by atoms with Crippen LogP contribution in [0.25, 0.3) is 0 Å². The van der Waals surface area contributed by atoms with Gasteiger partial charge in [-0.1, -0.05) is 11.6 Å². The first-order valence-electron chi connectivity index (χ1n) is 5.16. The molecule has 94 valence electrons. The molecule has 0 saturated carbocycles. The molecule has 2 rings (SSSR count). The van der Waals surface area contributed by atoms with Gasteiger partial charge in [-0.15, -0.1) is 11.3 Å². The van der Waals surface area contributed by atoms with Gasteiger partial charge in [-0.3, -0.25) is 4.79 Å². The van der Waals surface area contributed by atoms with E-state index in [0.29, 0.717) is 12.1 Å². The number of nitrogens with zero attached hydrogens (tertiary/aromatic N) is 2. The van der Waals surface area contributed by atoms with Crippen molar-refractivity contribution in [3.8, 4) is 0 Å². The number of carbonyl (C=O) groups is 1. The molecule has 0 fully saturated rings. The van der Waals surface area contributed by atoms with Crippen molar-refractivity contribution >= 4 is 34.7 Å². The average molecular weight is 283 g/mol. The molecule has 2 aromatic rings. The number of pyridine rings is 1. The van der Waals surface area contributed by atoms with Gasteiger partial charge in [0.2, 0.25) is 0 Å². The van der Waals surface area contributed by atoms with E-state index < -0.39 is 0 Å². The summed E-state index contributed by atoms with van der Waals surface area (Å²) in [6, 6.07) is 1.49. The van der Waals surface area contributed by atoms with E-state index in [-0.39, 0.29) is 16.7 Å². The first-order chi connectivity index (χ1) is 8.56. The Balaban J connectivity index is 2.01. The Bertz CT molecular complexity index is 584. The number of anilines is 1. The number of carbonyl (C=O) groups excluding carboxylic acids is 1. The number of nitrogens with one attached hydrogen (secondary N) is 1. The zero-order valence-corrected chi connectivity index (χ0v) is 11.2. The highest BCUT2D eigenvalue weighted by Gasteiger charge is 2.09. The number of amides is 1. The van der Waals surface area contributed by atoms with Gasteiger partial charge in [0.1, 0.15) is 5.82 Å². The van der Waals surface area contributed by atoms with Crippen molar-refractivity contribution in [1.29, 1.82) is 0 Å². The summed E-state index contributed by atoms with van der Waals surface area (Å²) >= 11 is 7.34. The summed E-state index contributed by atoms with van der Waals surface area (Å²) < 4.78 is 0. The predicted octanol–water partition coefficient (Wildman–Crippen LogP) is 2.01. The Morgan fingerprint density at radius 3 is 3.00 bits per heavy atom. The van der Waals surface area contributed by atoms with Gasteiger partial charge in [-0.2, -0.15) is 0 Å². The zero-order chi connectivity index (χ0) is 13.1. The summed E-state index contributed by atoms with van der Waals surface area (Å²) in [5.41, 5.74) is 6.68. The molecule has 1 amide bonds. The number of thiazole rings is 1. The molecule has 2 heterocycles. The summed E-state index contributed by atoms with van der Waals surface area (Å²) in [6.45, 7) is 2.30. The number of hydrogen-bond acceptors (Lipinski definition) is 5. The van der Waals surface area contributed by atoms with Crippen LogP contribution < -0.4 is 11.1 Å². The van der Waals surface area contributed by atoms with Gasteiger partial charge in [-0.25, -0.2) is 9.97 Å². The number of nitrogens with two attached hydrogens (primary N) is 1. The monoisotopic (exact) mass is 282 g/mol. The van der Waals surface area contributed by atoms with Crippen LogP contribution in [0.15, 0.2) is 17.6 Å². The first kappa shape index (κ1) is 12.8. The second-order valence-electron chi connectivity index (χ2n) is 3.63. The maximum atomic E-state index is 11.8. The van der Waals surface area contributed by atoms with E-state index in [1.54, 1.807) is 11.3 Å². The molecule has 5 nitrogen and oxygen atoms in total. The number of nitrogen functional groups attached to an aromatic ring is 1. The summed E-state index contributed by atoms with van der Waals surface area (Å²) in [7, 11) is 0. The molecule has 0 spiro atoms. The van der Waals surface area contributed by atoms with Crippen LogP contribution in [0.1, 0.15) is 21.1 Å². The van der Waals surface area contributed by atoms with E-state index in [2.05, 4.69) is 15.3 Å². The molecule has 0 aliphatic carbocycles. The lowest BCUT2D eigenvalue weighted by molar-refractivity contribution is 0.0950. The molecule has 0 aromatic carbocycles. The lowest BCUT2D eigenvalue weighted by atomic mass is 10.2. The van der Waals surface area contributed by atoms with Crippen LogP contribution >= 0.6 is 22.9 Å². The van der Waals surface area contributed by atoms with Crippen LogP contribution in [0.4, 0.5) is 5.82 Å². The van der Waals surface area contributed by atoms with Crippen LogP contribution in [-0.2, 0) is 6.54 Å². The fraction of sp³-hybridized carbons (Fsp3) is 0.182. The minimum absolute atomic E-state index is 0.211. The third kappa shape index (κ3) is 2.96.